The summed E-state index contributed by atoms with van der Waals surface area (Å²) in [6.45, 7) is 5.95. The molecule has 0 atom stereocenters. The van der Waals surface area contributed by atoms with E-state index >= 15 is 0 Å². The summed E-state index contributed by atoms with van der Waals surface area (Å²) < 4.78 is 5.27. The molecule has 2 aromatic rings. The number of ketones is 1. The zero-order valence-electron chi connectivity index (χ0n) is 11.8. The minimum atomic E-state index is 0.0378. The Morgan fingerprint density at radius 1 is 0.947 bits per heavy atom. The molecule has 2 nitrogen and oxygen atoms in total. The number of rotatable bonds is 3. The Balaban J connectivity index is 2.44. The molecule has 98 valence electrons. The van der Waals surface area contributed by atoms with Crippen LogP contribution in [0, 0.1) is 20.8 Å². The average molecular weight is 254 g/mol. The molecule has 0 heterocycles. The Bertz CT molecular complexity index is 627. The summed E-state index contributed by atoms with van der Waals surface area (Å²) in [5, 5.41) is 0. The van der Waals surface area contributed by atoms with Crippen LogP contribution < -0.4 is 4.74 Å². The minimum absolute atomic E-state index is 0.0378. The smallest absolute Gasteiger partial charge is 0.193 e. The number of hydrogen-bond acceptors (Lipinski definition) is 2. The average Bonchev–Trinajstić information content (AvgIpc) is 2.38. The number of benzene rings is 2. The second-order valence-electron chi connectivity index (χ2n) is 4.83. The van der Waals surface area contributed by atoms with Crippen LogP contribution in [-0.2, 0) is 0 Å². The highest BCUT2D eigenvalue weighted by atomic mass is 16.5. The summed E-state index contributed by atoms with van der Waals surface area (Å²) in [6, 6.07) is 11.4. The van der Waals surface area contributed by atoms with Gasteiger partial charge in [-0.2, -0.15) is 0 Å². The molecule has 0 saturated heterocycles. The third-order valence-corrected chi connectivity index (χ3v) is 3.30. The van der Waals surface area contributed by atoms with E-state index in [1.807, 2.05) is 51.1 Å². The van der Waals surface area contributed by atoms with Crippen LogP contribution in [0.2, 0.25) is 0 Å². The maximum absolute atomic E-state index is 12.5. The molecular weight excluding hydrogens is 236 g/mol. The van der Waals surface area contributed by atoms with Crippen LogP contribution in [0.1, 0.15) is 32.6 Å². The number of carbonyl (C=O) groups excluding carboxylic acids is 1. The highest BCUT2D eigenvalue weighted by Gasteiger charge is 2.13. The molecule has 19 heavy (non-hydrogen) atoms. The van der Waals surface area contributed by atoms with Crippen molar-refractivity contribution in [3.63, 3.8) is 0 Å². The van der Waals surface area contributed by atoms with Crippen molar-refractivity contribution in [1.82, 2.24) is 0 Å². The molecular formula is C17H18O2. The summed E-state index contributed by atoms with van der Waals surface area (Å²) in [6.07, 6.45) is 0. The maximum atomic E-state index is 12.5. The van der Waals surface area contributed by atoms with Crippen molar-refractivity contribution in [1.29, 1.82) is 0 Å². The molecule has 0 bridgehead atoms. The Kier molecular flexibility index (Phi) is 3.70. The van der Waals surface area contributed by atoms with Crippen LogP contribution in [0.25, 0.3) is 0 Å². The van der Waals surface area contributed by atoms with E-state index < -0.39 is 0 Å². The van der Waals surface area contributed by atoms with Crippen molar-refractivity contribution < 1.29 is 9.53 Å². The molecule has 0 amide bonds. The largest absolute Gasteiger partial charge is 0.496 e. The SMILES string of the molecule is COc1cc(C(=O)c2ccc(C)cc2C)ccc1C. The fourth-order valence-electron chi connectivity index (χ4n) is 2.19. The predicted molar refractivity (Wildman–Crippen MR) is 77.1 cm³/mol. The predicted octanol–water partition coefficient (Wildman–Crippen LogP) is 3.85. The van der Waals surface area contributed by atoms with E-state index in [2.05, 4.69) is 0 Å². The van der Waals surface area contributed by atoms with Gasteiger partial charge in [0.1, 0.15) is 5.75 Å². The summed E-state index contributed by atoms with van der Waals surface area (Å²) in [7, 11) is 1.62. The summed E-state index contributed by atoms with van der Waals surface area (Å²) in [4.78, 5) is 12.5. The normalized spacial score (nSPS) is 10.3. The lowest BCUT2D eigenvalue weighted by Gasteiger charge is -2.09. The van der Waals surface area contributed by atoms with E-state index in [0.717, 1.165) is 28.0 Å². The van der Waals surface area contributed by atoms with Gasteiger partial charge in [-0.05, 0) is 38.0 Å². The Morgan fingerprint density at radius 3 is 2.32 bits per heavy atom. The maximum Gasteiger partial charge on any atom is 0.193 e. The molecule has 0 radical (unpaired) electrons. The Hall–Kier alpha value is -2.09. The standard InChI is InChI=1S/C17H18O2/c1-11-5-8-15(13(3)9-11)17(18)14-7-6-12(2)16(10-14)19-4/h5-10H,1-4H3. The van der Waals surface area contributed by atoms with Gasteiger partial charge in [0.15, 0.2) is 5.78 Å². The molecule has 0 aliphatic rings. The molecule has 2 heteroatoms. The molecule has 0 N–H and O–H groups in total. The first kappa shape index (κ1) is 13.3. The van der Waals surface area contributed by atoms with Gasteiger partial charge in [0, 0.05) is 11.1 Å². The van der Waals surface area contributed by atoms with E-state index in [9.17, 15) is 4.79 Å². The van der Waals surface area contributed by atoms with E-state index in [1.54, 1.807) is 13.2 Å². The molecule has 0 aliphatic carbocycles. The summed E-state index contributed by atoms with van der Waals surface area (Å²) in [5.41, 5.74) is 4.60. The van der Waals surface area contributed by atoms with Crippen molar-refractivity contribution in [2.24, 2.45) is 0 Å². The first-order valence-electron chi connectivity index (χ1n) is 6.29. The van der Waals surface area contributed by atoms with Gasteiger partial charge >= 0.3 is 0 Å². The highest BCUT2D eigenvalue weighted by Crippen LogP contribution is 2.22. The second kappa shape index (κ2) is 5.27. The van der Waals surface area contributed by atoms with Gasteiger partial charge in [-0.15, -0.1) is 0 Å². The first-order valence-corrected chi connectivity index (χ1v) is 6.29. The summed E-state index contributed by atoms with van der Waals surface area (Å²) >= 11 is 0. The molecule has 0 aromatic heterocycles. The van der Waals surface area contributed by atoms with Gasteiger partial charge in [-0.3, -0.25) is 4.79 Å². The van der Waals surface area contributed by atoms with Crippen molar-refractivity contribution in [2.75, 3.05) is 7.11 Å². The lowest BCUT2D eigenvalue weighted by Crippen LogP contribution is -2.04. The third-order valence-electron chi connectivity index (χ3n) is 3.30. The van der Waals surface area contributed by atoms with Gasteiger partial charge in [0.25, 0.3) is 0 Å². The Morgan fingerprint density at radius 2 is 1.68 bits per heavy atom. The van der Waals surface area contributed by atoms with Gasteiger partial charge in [-0.25, -0.2) is 0 Å². The van der Waals surface area contributed by atoms with Gasteiger partial charge < -0.3 is 4.74 Å². The topological polar surface area (TPSA) is 26.3 Å². The molecule has 0 fully saturated rings. The van der Waals surface area contributed by atoms with Crippen LogP contribution in [0.15, 0.2) is 36.4 Å². The quantitative estimate of drug-likeness (QED) is 0.778. The van der Waals surface area contributed by atoms with Crippen molar-refractivity contribution in [3.8, 4) is 5.75 Å². The van der Waals surface area contributed by atoms with Crippen molar-refractivity contribution in [3.05, 3.63) is 64.2 Å². The Labute approximate surface area is 114 Å². The van der Waals surface area contributed by atoms with Gasteiger partial charge in [0.2, 0.25) is 0 Å². The highest BCUT2D eigenvalue weighted by molar-refractivity contribution is 6.10. The van der Waals surface area contributed by atoms with E-state index in [-0.39, 0.29) is 5.78 Å². The molecule has 0 aliphatic heterocycles. The molecule has 0 unspecified atom stereocenters. The van der Waals surface area contributed by atoms with E-state index in [4.69, 9.17) is 4.74 Å². The number of ether oxygens (including phenoxy) is 1. The lowest BCUT2D eigenvalue weighted by molar-refractivity contribution is 0.103. The minimum Gasteiger partial charge on any atom is -0.496 e. The van der Waals surface area contributed by atoms with Crippen LogP contribution >= 0.6 is 0 Å². The number of methoxy groups -OCH3 is 1. The number of carbonyl (C=O) groups is 1. The fraction of sp³-hybridized carbons (Fsp3) is 0.235. The second-order valence-corrected chi connectivity index (χ2v) is 4.83. The third kappa shape index (κ3) is 2.68. The molecule has 2 rings (SSSR count). The monoisotopic (exact) mass is 254 g/mol. The van der Waals surface area contributed by atoms with Crippen molar-refractivity contribution in [2.45, 2.75) is 20.8 Å². The van der Waals surface area contributed by atoms with E-state index in [1.165, 1.54) is 0 Å². The zero-order valence-corrected chi connectivity index (χ0v) is 11.8. The van der Waals surface area contributed by atoms with Crippen molar-refractivity contribution >= 4 is 5.78 Å². The van der Waals surface area contributed by atoms with Gasteiger partial charge in [-0.1, -0.05) is 35.9 Å². The van der Waals surface area contributed by atoms with Crippen LogP contribution in [-0.4, -0.2) is 12.9 Å². The van der Waals surface area contributed by atoms with Gasteiger partial charge in [0.05, 0.1) is 7.11 Å². The van der Waals surface area contributed by atoms with Crippen LogP contribution in [0.4, 0.5) is 0 Å². The molecule has 0 spiro atoms. The molecule has 0 saturated carbocycles. The first-order chi connectivity index (χ1) is 9.02. The molecule has 2 aromatic carbocycles. The zero-order chi connectivity index (χ0) is 14.0. The van der Waals surface area contributed by atoms with Crippen LogP contribution in [0.3, 0.4) is 0 Å². The van der Waals surface area contributed by atoms with E-state index in [0.29, 0.717) is 5.56 Å². The van der Waals surface area contributed by atoms with Crippen LogP contribution in [0.5, 0.6) is 5.75 Å². The number of hydrogen-bond donors (Lipinski definition) is 0. The summed E-state index contributed by atoms with van der Waals surface area (Å²) in [5.74, 6) is 0.784. The fourth-order valence-corrected chi connectivity index (χ4v) is 2.19. The number of aryl methyl sites for hydroxylation is 3. The lowest BCUT2D eigenvalue weighted by atomic mass is 9.97.